The highest BCUT2D eigenvalue weighted by molar-refractivity contribution is 5.98. The van der Waals surface area contributed by atoms with Crippen LogP contribution in [0.2, 0.25) is 0 Å². The summed E-state index contributed by atoms with van der Waals surface area (Å²) >= 11 is 0. The second-order valence-electron chi connectivity index (χ2n) is 5.85. The maximum atomic E-state index is 12.2. The third kappa shape index (κ3) is 3.46. The van der Waals surface area contributed by atoms with Crippen molar-refractivity contribution in [3.8, 4) is 0 Å². The Kier molecular flexibility index (Phi) is 4.61. The average molecular weight is 329 g/mol. The molecule has 24 heavy (non-hydrogen) atoms. The van der Waals surface area contributed by atoms with E-state index in [4.69, 9.17) is 4.42 Å². The van der Waals surface area contributed by atoms with Gasteiger partial charge in [0.25, 0.3) is 5.91 Å². The van der Waals surface area contributed by atoms with Crippen molar-refractivity contribution in [3.63, 3.8) is 0 Å². The average Bonchev–Trinajstić information content (AvgIpc) is 2.59. The van der Waals surface area contributed by atoms with Gasteiger partial charge in [0.05, 0.1) is 6.54 Å². The van der Waals surface area contributed by atoms with E-state index in [1.807, 2.05) is 7.05 Å². The normalized spacial score (nSPS) is 15.5. The fraction of sp³-hybridized carbons (Fsp3) is 0.353. The van der Waals surface area contributed by atoms with Gasteiger partial charge in [0.15, 0.2) is 0 Å². The molecule has 2 aromatic rings. The molecular weight excluding hydrogens is 310 g/mol. The Morgan fingerprint density at radius 2 is 1.88 bits per heavy atom. The van der Waals surface area contributed by atoms with E-state index in [9.17, 15) is 14.4 Å². The van der Waals surface area contributed by atoms with Gasteiger partial charge in [0, 0.05) is 31.6 Å². The van der Waals surface area contributed by atoms with Crippen LogP contribution in [0.25, 0.3) is 11.0 Å². The Bertz CT molecular complexity index is 822. The predicted molar refractivity (Wildman–Crippen MR) is 88.9 cm³/mol. The molecule has 1 N–H and O–H groups in total. The molecule has 0 radical (unpaired) electrons. The number of para-hydroxylation sites is 1. The van der Waals surface area contributed by atoms with Gasteiger partial charge in [-0.25, -0.2) is 4.79 Å². The molecule has 0 aliphatic carbocycles. The highest BCUT2D eigenvalue weighted by Crippen LogP contribution is 2.12. The number of nitrogens with zero attached hydrogens (tertiary/aromatic N) is 2. The number of piperazine rings is 1. The number of fused-ring (bicyclic) bond motifs is 1. The minimum absolute atomic E-state index is 0.0973. The number of rotatable bonds is 3. The summed E-state index contributed by atoms with van der Waals surface area (Å²) in [7, 11) is 2.00. The van der Waals surface area contributed by atoms with Crippen LogP contribution in [-0.2, 0) is 4.79 Å². The zero-order chi connectivity index (χ0) is 17.1. The van der Waals surface area contributed by atoms with Gasteiger partial charge < -0.3 is 19.5 Å². The van der Waals surface area contributed by atoms with Gasteiger partial charge in [0.2, 0.25) is 5.91 Å². The van der Waals surface area contributed by atoms with Crippen LogP contribution in [0.4, 0.5) is 0 Å². The van der Waals surface area contributed by atoms with Crippen LogP contribution < -0.4 is 10.9 Å². The Morgan fingerprint density at radius 3 is 2.62 bits per heavy atom. The molecule has 0 atom stereocenters. The summed E-state index contributed by atoms with van der Waals surface area (Å²) in [5.74, 6) is -0.751. The molecular formula is C17H19N3O4. The minimum atomic E-state index is -0.710. The number of likely N-dealkylation sites (N-methyl/N-ethyl adjacent to an activating group) is 1. The molecule has 1 saturated heterocycles. The quantitative estimate of drug-likeness (QED) is 0.819. The standard InChI is InChI=1S/C17H19N3O4/c1-19-6-8-20(9-7-19)15(21)11-18-16(22)13-10-12-4-2-3-5-14(12)24-17(13)23/h2-5,10H,6-9,11H2,1H3,(H,18,22). The fourth-order valence-electron chi connectivity index (χ4n) is 2.64. The van der Waals surface area contributed by atoms with Crippen LogP contribution in [0.3, 0.4) is 0 Å². The monoisotopic (exact) mass is 329 g/mol. The number of nitrogens with one attached hydrogen (secondary N) is 1. The number of carbonyl (C=O) groups excluding carboxylic acids is 2. The van der Waals surface area contributed by atoms with E-state index in [2.05, 4.69) is 10.2 Å². The van der Waals surface area contributed by atoms with Crippen molar-refractivity contribution in [3.05, 3.63) is 46.3 Å². The van der Waals surface area contributed by atoms with Crippen LogP contribution in [0.15, 0.2) is 39.5 Å². The molecule has 2 heterocycles. The molecule has 1 aliphatic heterocycles. The predicted octanol–water partition coefficient (Wildman–Crippen LogP) is 0.297. The molecule has 7 heteroatoms. The van der Waals surface area contributed by atoms with Crippen LogP contribution in [0.5, 0.6) is 0 Å². The molecule has 1 fully saturated rings. The van der Waals surface area contributed by atoms with Crippen molar-refractivity contribution in [1.82, 2.24) is 15.1 Å². The molecule has 0 unspecified atom stereocenters. The Morgan fingerprint density at radius 1 is 1.17 bits per heavy atom. The van der Waals surface area contributed by atoms with Crippen molar-refractivity contribution >= 4 is 22.8 Å². The first kappa shape index (κ1) is 16.2. The van der Waals surface area contributed by atoms with Gasteiger partial charge in [0.1, 0.15) is 11.1 Å². The van der Waals surface area contributed by atoms with Crippen molar-refractivity contribution in [2.75, 3.05) is 39.8 Å². The SMILES string of the molecule is CN1CCN(C(=O)CNC(=O)c2cc3ccccc3oc2=O)CC1. The van der Waals surface area contributed by atoms with E-state index >= 15 is 0 Å². The summed E-state index contributed by atoms with van der Waals surface area (Å²) in [5.41, 5.74) is -0.384. The van der Waals surface area contributed by atoms with Gasteiger partial charge in [-0.05, 0) is 19.2 Å². The van der Waals surface area contributed by atoms with E-state index in [0.717, 1.165) is 13.1 Å². The topological polar surface area (TPSA) is 82.9 Å². The van der Waals surface area contributed by atoms with E-state index in [0.29, 0.717) is 24.1 Å². The summed E-state index contributed by atoms with van der Waals surface area (Å²) in [6, 6.07) is 8.44. The maximum absolute atomic E-state index is 12.2. The van der Waals surface area contributed by atoms with Crippen LogP contribution >= 0.6 is 0 Å². The van der Waals surface area contributed by atoms with Gasteiger partial charge in [-0.2, -0.15) is 0 Å². The van der Waals surface area contributed by atoms with E-state index in [-0.39, 0.29) is 18.0 Å². The van der Waals surface area contributed by atoms with Gasteiger partial charge >= 0.3 is 5.63 Å². The summed E-state index contributed by atoms with van der Waals surface area (Å²) in [5, 5.41) is 3.17. The van der Waals surface area contributed by atoms with Gasteiger partial charge in [-0.1, -0.05) is 18.2 Å². The fourth-order valence-corrected chi connectivity index (χ4v) is 2.64. The van der Waals surface area contributed by atoms with E-state index in [1.54, 1.807) is 29.2 Å². The number of carbonyl (C=O) groups is 2. The smallest absolute Gasteiger partial charge is 0.349 e. The first-order valence-corrected chi connectivity index (χ1v) is 7.82. The Balaban J connectivity index is 1.66. The maximum Gasteiger partial charge on any atom is 0.349 e. The highest BCUT2D eigenvalue weighted by atomic mass is 16.4. The Labute approximate surface area is 138 Å². The largest absolute Gasteiger partial charge is 0.422 e. The highest BCUT2D eigenvalue weighted by Gasteiger charge is 2.20. The summed E-state index contributed by atoms with van der Waals surface area (Å²) in [6.07, 6.45) is 0. The van der Waals surface area contributed by atoms with Gasteiger partial charge in [-0.3, -0.25) is 9.59 Å². The number of hydrogen-bond acceptors (Lipinski definition) is 5. The lowest BCUT2D eigenvalue weighted by molar-refractivity contribution is -0.131. The zero-order valence-electron chi connectivity index (χ0n) is 13.4. The lowest BCUT2D eigenvalue weighted by Crippen LogP contribution is -2.50. The third-order valence-electron chi connectivity index (χ3n) is 4.14. The number of amides is 2. The zero-order valence-corrected chi connectivity index (χ0v) is 13.4. The van der Waals surface area contributed by atoms with Crippen LogP contribution in [0.1, 0.15) is 10.4 Å². The van der Waals surface area contributed by atoms with Crippen LogP contribution in [0, 0.1) is 0 Å². The number of benzene rings is 1. The Hall–Kier alpha value is -2.67. The second-order valence-corrected chi connectivity index (χ2v) is 5.85. The number of hydrogen-bond donors (Lipinski definition) is 1. The molecule has 1 aromatic carbocycles. The van der Waals surface area contributed by atoms with Crippen LogP contribution in [-0.4, -0.2) is 61.4 Å². The summed E-state index contributed by atoms with van der Waals surface area (Å²) in [6.45, 7) is 2.78. The lowest BCUT2D eigenvalue weighted by Gasteiger charge is -2.32. The summed E-state index contributed by atoms with van der Waals surface area (Å²) in [4.78, 5) is 40.1. The molecule has 1 aliphatic rings. The van der Waals surface area contributed by atoms with Crippen molar-refractivity contribution in [2.24, 2.45) is 0 Å². The lowest BCUT2D eigenvalue weighted by atomic mass is 10.2. The van der Waals surface area contributed by atoms with Crippen molar-refractivity contribution in [1.29, 1.82) is 0 Å². The molecule has 0 saturated carbocycles. The van der Waals surface area contributed by atoms with Crippen molar-refractivity contribution in [2.45, 2.75) is 0 Å². The molecule has 3 rings (SSSR count). The molecule has 126 valence electrons. The molecule has 1 aromatic heterocycles. The minimum Gasteiger partial charge on any atom is -0.422 e. The van der Waals surface area contributed by atoms with Gasteiger partial charge in [-0.15, -0.1) is 0 Å². The molecule has 0 spiro atoms. The molecule has 0 bridgehead atoms. The summed E-state index contributed by atoms with van der Waals surface area (Å²) < 4.78 is 5.13. The van der Waals surface area contributed by atoms with Crippen molar-refractivity contribution < 1.29 is 14.0 Å². The van der Waals surface area contributed by atoms with E-state index < -0.39 is 11.5 Å². The first-order chi connectivity index (χ1) is 11.5. The molecule has 7 nitrogen and oxygen atoms in total. The second kappa shape index (κ2) is 6.84. The van der Waals surface area contributed by atoms with E-state index in [1.165, 1.54) is 6.07 Å². The first-order valence-electron chi connectivity index (χ1n) is 7.82. The third-order valence-corrected chi connectivity index (χ3v) is 4.14. The molecule has 2 amide bonds.